The summed E-state index contributed by atoms with van der Waals surface area (Å²) in [5, 5.41) is 3.52. The lowest BCUT2D eigenvalue weighted by Gasteiger charge is -2.33. The van der Waals surface area contributed by atoms with Gasteiger partial charge in [0.15, 0.2) is 0 Å². The number of anilines is 1. The molecule has 1 fully saturated rings. The molecule has 1 N–H and O–H groups in total. The number of hydrogen-bond donors (Lipinski definition) is 1. The lowest BCUT2D eigenvalue weighted by molar-refractivity contribution is -0.121. The fourth-order valence-corrected chi connectivity index (χ4v) is 4.25. The van der Waals surface area contributed by atoms with Gasteiger partial charge in [-0.2, -0.15) is 0 Å². The van der Waals surface area contributed by atoms with E-state index in [4.69, 9.17) is 16.3 Å². The van der Waals surface area contributed by atoms with E-state index in [1.807, 2.05) is 37.3 Å². The maximum absolute atomic E-state index is 13.2. The third-order valence-corrected chi connectivity index (χ3v) is 5.71. The van der Waals surface area contributed by atoms with Gasteiger partial charge < -0.3 is 15.0 Å². The Morgan fingerprint density at radius 3 is 2.40 bits per heavy atom. The van der Waals surface area contributed by atoms with Gasteiger partial charge in [0.2, 0.25) is 5.91 Å². The van der Waals surface area contributed by atoms with Crippen molar-refractivity contribution in [3.63, 3.8) is 0 Å². The van der Waals surface area contributed by atoms with Crippen molar-refractivity contribution in [3.05, 3.63) is 64.2 Å². The Labute approximate surface area is 183 Å². The van der Waals surface area contributed by atoms with Crippen LogP contribution in [0.5, 0.6) is 0 Å². The maximum Gasteiger partial charge on any atom is 0.338 e. The second-order valence-electron chi connectivity index (χ2n) is 7.39. The van der Waals surface area contributed by atoms with Crippen LogP contribution in [0.3, 0.4) is 0 Å². The first-order valence-corrected chi connectivity index (χ1v) is 11.0. The third kappa shape index (κ3) is 4.96. The molecule has 0 aliphatic carbocycles. The summed E-state index contributed by atoms with van der Waals surface area (Å²) < 4.78 is 5.07. The standard InChI is InChI=1S/C24H29ClN2O3/c1-3-26-23(28)21(17-11-13-18(14-12-17)24(29)30-4-2)22-19(25)9-8-10-20(22)27-15-6-5-7-16-27/h8-14,21H,3-7,15-16H2,1-2H3,(H,26,28). The van der Waals surface area contributed by atoms with Gasteiger partial charge in [0, 0.05) is 35.9 Å². The molecule has 0 saturated carbocycles. The number of ether oxygens (including phenoxy) is 1. The van der Waals surface area contributed by atoms with Crippen molar-refractivity contribution in [3.8, 4) is 0 Å². The van der Waals surface area contributed by atoms with Gasteiger partial charge in [-0.1, -0.05) is 29.8 Å². The molecule has 1 heterocycles. The second-order valence-corrected chi connectivity index (χ2v) is 7.80. The van der Waals surface area contributed by atoms with E-state index in [0.717, 1.165) is 42.7 Å². The minimum Gasteiger partial charge on any atom is -0.462 e. The highest BCUT2D eigenvalue weighted by Crippen LogP contribution is 2.39. The van der Waals surface area contributed by atoms with Gasteiger partial charge in [0.05, 0.1) is 18.1 Å². The quantitative estimate of drug-likeness (QED) is 0.645. The van der Waals surface area contributed by atoms with E-state index in [2.05, 4.69) is 10.2 Å². The number of amides is 1. The Kier molecular flexibility index (Phi) is 7.75. The number of carbonyl (C=O) groups excluding carboxylic acids is 2. The fourth-order valence-electron chi connectivity index (χ4n) is 3.97. The highest BCUT2D eigenvalue weighted by atomic mass is 35.5. The summed E-state index contributed by atoms with van der Waals surface area (Å²) in [6.07, 6.45) is 3.49. The molecule has 1 aliphatic rings. The van der Waals surface area contributed by atoms with Gasteiger partial charge in [-0.05, 0) is 62.9 Å². The van der Waals surface area contributed by atoms with Crippen molar-refractivity contribution in [2.75, 3.05) is 31.1 Å². The number of halogens is 1. The molecule has 5 nitrogen and oxygen atoms in total. The van der Waals surface area contributed by atoms with E-state index in [1.165, 1.54) is 6.42 Å². The summed E-state index contributed by atoms with van der Waals surface area (Å²) in [5.74, 6) is -1.04. The van der Waals surface area contributed by atoms with Gasteiger partial charge >= 0.3 is 5.97 Å². The van der Waals surface area contributed by atoms with Gasteiger partial charge in [0.25, 0.3) is 0 Å². The number of benzene rings is 2. The van der Waals surface area contributed by atoms with Crippen molar-refractivity contribution >= 4 is 29.2 Å². The number of piperidine rings is 1. The molecule has 0 aromatic heterocycles. The normalized spacial score (nSPS) is 14.8. The Balaban J connectivity index is 2.05. The molecular weight excluding hydrogens is 400 g/mol. The van der Waals surface area contributed by atoms with Gasteiger partial charge in [0.1, 0.15) is 0 Å². The SMILES string of the molecule is CCNC(=O)C(c1ccc(C(=O)OCC)cc1)c1c(Cl)cccc1N1CCCCC1. The van der Waals surface area contributed by atoms with E-state index in [1.54, 1.807) is 19.1 Å². The molecule has 160 valence electrons. The largest absolute Gasteiger partial charge is 0.462 e. The summed E-state index contributed by atoms with van der Waals surface area (Å²) in [7, 11) is 0. The maximum atomic E-state index is 13.2. The van der Waals surface area contributed by atoms with Crippen LogP contribution >= 0.6 is 11.6 Å². The molecule has 1 atom stereocenters. The molecule has 1 amide bonds. The molecule has 3 rings (SSSR count). The zero-order valence-electron chi connectivity index (χ0n) is 17.6. The summed E-state index contributed by atoms with van der Waals surface area (Å²) in [5.41, 5.74) is 3.08. The Hall–Kier alpha value is -2.53. The first-order valence-electron chi connectivity index (χ1n) is 10.6. The molecule has 0 bridgehead atoms. The van der Waals surface area contributed by atoms with Crippen molar-refractivity contribution in [1.82, 2.24) is 5.32 Å². The predicted molar refractivity (Wildman–Crippen MR) is 120 cm³/mol. The molecule has 1 aliphatic heterocycles. The van der Waals surface area contributed by atoms with Crippen molar-refractivity contribution in [1.29, 1.82) is 0 Å². The zero-order valence-corrected chi connectivity index (χ0v) is 18.4. The van der Waals surface area contributed by atoms with Crippen LogP contribution in [-0.4, -0.2) is 38.1 Å². The van der Waals surface area contributed by atoms with E-state index < -0.39 is 5.92 Å². The number of likely N-dealkylation sites (N-methyl/N-ethyl adjacent to an activating group) is 1. The van der Waals surface area contributed by atoms with Crippen LogP contribution in [0, 0.1) is 0 Å². The van der Waals surface area contributed by atoms with Crippen LogP contribution in [-0.2, 0) is 9.53 Å². The molecule has 1 unspecified atom stereocenters. The molecular formula is C24H29ClN2O3. The third-order valence-electron chi connectivity index (χ3n) is 5.38. The van der Waals surface area contributed by atoms with E-state index in [0.29, 0.717) is 23.7 Å². The van der Waals surface area contributed by atoms with Crippen LogP contribution in [0.25, 0.3) is 0 Å². The van der Waals surface area contributed by atoms with E-state index >= 15 is 0 Å². The number of hydrogen-bond acceptors (Lipinski definition) is 4. The lowest BCUT2D eigenvalue weighted by atomic mass is 9.88. The first-order chi connectivity index (χ1) is 14.6. The number of rotatable bonds is 7. The van der Waals surface area contributed by atoms with Crippen LogP contribution in [0.1, 0.15) is 60.5 Å². The molecule has 2 aromatic carbocycles. The summed E-state index contributed by atoms with van der Waals surface area (Å²) in [6, 6.07) is 12.9. The Bertz CT molecular complexity index is 877. The first kappa shape index (κ1) is 22.2. The van der Waals surface area contributed by atoms with Crippen LogP contribution in [0.15, 0.2) is 42.5 Å². The highest BCUT2D eigenvalue weighted by molar-refractivity contribution is 6.32. The summed E-state index contributed by atoms with van der Waals surface area (Å²) in [4.78, 5) is 27.5. The van der Waals surface area contributed by atoms with Crippen molar-refractivity contribution in [2.24, 2.45) is 0 Å². The minimum atomic E-state index is -0.563. The number of nitrogens with one attached hydrogen (secondary N) is 1. The van der Waals surface area contributed by atoms with Crippen LogP contribution in [0.4, 0.5) is 5.69 Å². The van der Waals surface area contributed by atoms with E-state index in [9.17, 15) is 9.59 Å². The van der Waals surface area contributed by atoms with Crippen LogP contribution in [0.2, 0.25) is 5.02 Å². The average Bonchev–Trinajstić information content (AvgIpc) is 2.76. The molecule has 0 radical (unpaired) electrons. The fraction of sp³-hybridized carbons (Fsp3) is 0.417. The second kappa shape index (κ2) is 10.5. The number of esters is 1. The Morgan fingerprint density at radius 1 is 1.07 bits per heavy atom. The molecule has 6 heteroatoms. The topological polar surface area (TPSA) is 58.6 Å². The minimum absolute atomic E-state index is 0.104. The van der Waals surface area contributed by atoms with Crippen molar-refractivity contribution in [2.45, 2.75) is 39.0 Å². The number of carbonyl (C=O) groups is 2. The zero-order chi connectivity index (χ0) is 21.5. The molecule has 0 spiro atoms. The van der Waals surface area contributed by atoms with Gasteiger partial charge in [-0.25, -0.2) is 4.79 Å². The highest BCUT2D eigenvalue weighted by Gasteiger charge is 2.29. The number of nitrogens with zero attached hydrogens (tertiary/aromatic N) is 1. The summed E-state index contributed by atoms with van der Waals surface area (Å²) >= 11 is 6.68. The van der Waals surface area contributed by atoms with E-state index in [-0.39, 0.29) is 11.9 Å². The average molecular weight is 429 g/mol. The van der Waals surface area contributed by atoms with Gasteiger partial charge in [-0.3, -0.25) is 4.79 Å². The smallest absolute Gasteiger partial charge is 0.338 e. The monoisotopic (exact) mass is 428 g/mol. The summed E-state index contributed by atoms with van der Waals surface area (Å²) in [6.45, 7) is 6.43. The van der Waals surface area contributed by atoms with Gasteiger partial charge in [-0.15, -0.1) is 0 Å². The lowest BCUT2D eigenvalue weighted by Crippen LogP contribution is -2.34. The Morgan fingerprint density at radius 2 is 1.77 bits per heavy atom. The van der Waals surface area contributed by atoms with Crippen LogP contribution < -0.4 is 10.2 Å². The molecule has 2 aromatic rings. The van der Waals surface area contributed by atoms with Crippen molar-refractivity contribution < 1.29 is 14.3 Å². The molecule has 30 heavy (non-hydrogen) atoms. The predicted octanol–water partition coefficient (Wildman–Crippen LogP) is 4.78. The molecule has 1 saturated heterocycles.